The summed E-state index contributed by atoms with van der Waals surface area (Å²) in [4.78, 5) is 11.4. The molecule has 0 radical (unpaired) electrons. The fourth-order valence-electron chi connectivity index (χ4n) is 2.67. The van der Waals surface area contributed by atoms with Crippen LogP contribution >= 0.6 is 0 Å². The summed E-state index contributed by atoms with van der Waals surface area (Å²) in [6.07, 6.45) is 2.79. The summed E-state index contributed by atoms with van der Waals surface area (Å²) in [6, 6.07) is 4.32. The summed E-state index contributed by atoms with van der Waals surface area (Å²) in [5.74, 6) is 0.733. The predicted octanol–water partition coefficient (Wildman–Crippen LogP) is 1.62. The van der Waals surface area contributed by atoms with Crippen molar-refractivity contribution < 1.29 is 14.3 Å². The lowest BCUT2D eigenvalue weighted by molar-refractivity contribution is -0.143. The molecule has 0 saturated heterocycles. The van der Waals surface area contributed by atoms with Crippen molar-refractivity contribution in [3.63, 3.8) is 0 Å². The first-order chi connectivity index (χ1) is 9.15. The number of methoxy groups -OCH3 is 1. The molecule has 0 bridgehead atoms. The highest BCUT2D eigenvalue weighted by atomic mass is 16.5. The Morgan fingerprint density at radius 1 is 1.42 bits per heavy atom. The van der Waals surface area contributed by atoms with Crippen LogP contribution in [-0.4, -0.2) is 25.7 Å². The number of hydrogen-bond donors (Lipinski definition) is 1. The highest BCUT2D eigenvalue weighted by molar-refractivity contribution is 5.70. The van der Waals surface area contributed by atoms with Gasteiger partial charge in [-0.3, -0.25) is 4.79 Å². The van der Waals surface area contributed by atoms with E-state index in [9.17, 15) is 4.79 Å². The van der Waals surface area contributed by atoms with Crippen LogP contribution < -0.4 is 10.5 Å². The van der Waals surface area contributed by atoms with Gasteiger partial charge in [0, 0.05) is 12.5 Å². The number of hydrogen-bond acceptors (Lipinski definition) is 4. The van der Waals surface area contributed by atoms with Gasteiger partial charge in [0.05, 0.1) is 13.7 Å². The number of carbonyl (C=O) groups is 1. The Labute approximate surface area is 113 Å². The second-order valence-corrected chi connectivity index (χ2v) is 4.87. The molecule has 0 saturated carbocycles. The lowest BCUT2D eigenvalue weighted by Crippen LogP contribution is -2.19. The zero-order valence-electron chi connectivity index (χ0n) is 11.6. The molecule has 0 heterocycles. The fourth-order valence-corrected chi connectivity index (χ4v) is 2.67. The largest absolute Gasteiger partial charge is 0.496 e. The van der Waals surface area contributed by atoms with Crippen molar-refractivity contribution in [3.8, 4) is 5.75 Å². The molecule has 0 amide bonds. The molecule has 0 aromatic heterocycles. The Morgan fingerprint density at radius 3 is 2.89 bits per heavy atom. The van der Waals surface area contributed by atoms with E-state index in [1.54, 1.807) is 7.11 Å². The van der Waals surface area contributed by atoms with Gasteiger partial charge in [0.25, 0.3) is 0 Å². The molecule has 19 heavy (non-hydrogen) atoms. The lowest BCUT2D eigenvalue weighted by Gasteiger charge is -2.13. The molecule has 1 aliphatic rings. The summed E-state index contributed by atoms with van der Waals surface area (Å²) >= 11 is 0. The van der Waals surface area contributed by atoms with Gasteiger partial charge < -0.3 is 15.2 Å². The minimum Gasteiger partial charge on any atom is -0.496 e. The van der Waals surface area contributed by atoms with Crippen LogP contribution in [0.5, 0.6) is 5.75 Å². The van der Waals surface area contributed by atoms with Crippen molar-refractivity contribution in [2.45, 2.75) is 38.6 Å². The van der Waals surface area contributed by atoms with E-state index >= 15 is 0 Å². The highest BCUT2D eigenvalue weighted by Gasteiger charge is 2.23. The molecule has 4 nitrogen and oxygen atoms in total. The van der Waals surface area contributed by atoms with E-state index in [1.165, 1.54) is 11.1 Å². The molecule has 2 N–H and O–H groups in total. The Hall–Kier alpha value is -1.55. The Bertz CT molecular complexity index is 471. The number of rotatable bonds is 5. The van der Waals surface area contributed by atoms with Gasteiger partial charge >= 0.3 is 5.97 Å². The van der Waals surface area contributed by atoms with Crippen LogP contribution in [0, 0.1) is 0 Å². The topological polar surface area (TPSA) is 61.5 Å². The molecule has 1 unspecified atom stereocenters. The van der Waals surface area contributed by atoms with E-state index in [0.717, 1.165) is 24.2 Å². The van der Waals surface area contributed by atoms with E-state index in [1.807, 2.05) is 13.0 Å². The maximum atomic E-state index is 11.4. The Balaban J connectivity index is 2.14. The predicted molar refractivity (Wildman–Crippen MR) is 73.3 cm³/mol. The molecular weight excluding hydrogens is 242 g/mol. The molecule has 0 aliphatic heterocycles. The number of nitrogens with two attached hydrogens (primary N) is 1. The maximum Gasteiger partial charge on any atom is 0.306 e. The lowest BCUT2D eigenvalue weighted by atomic mass is 10.0. The van der Waals surface area contributed by atoms with E-state index < -0.39 is 0 Å². The van der Waals surface area contributed by atoms with Crippen LogP contribution in [0.4, 0.5) is 0 Å². The van der Waals surface area contributed by atoms with Gasteiger partial charge in [-0.25, -0.2) is 0 Å². The minimum absolute atomic E-state index is 0.165. The first-order valence-corrected chi connectivity index (χ1v) is 6.74. The summed E-state index contributed by atoms with van der Waals surface area (Å²) in [5.41, 5.74) is 9.52. The minimum atomic E-state index is -0.165. The van der Waals surface area contributed by atoms with Crippen LogP contribution in [0.15, 0.2) is 12.1 Å². The molecule has 1 aromatic carbocycles. The third-order valence-electron chi connectivity index (χ3n) is 3.50. The number of ether oxygens (including phenoxy) is 2. The zero-order valence-corrected chi connectivity index (χ0v) is 11.6. The van der Waals surface area contributed by atoms with Crippen LogP contribution in [0.3, 0.4) is 0 Å². The third-order valence-corrected chi connectivity index (χ3v) is 3.50. The molecule has 1 aromatic rings. The molecular formula is C15H21NO3. The van der Waals surface area contributed by atoms with Gasteiger partial charge in [-0.1, -0.05) is 12.1 Å². The molecule has 4 heteroatoms. The van der Waals surface area contributed by atoms with Crippen molar-refractivity contribution in [1.29, 1.82) is 0 Å². The first kappa shape index (κ1) is 13.9. The second kappa shape index (κ2) is 6.06. The number of fused-ring (bicyclic) bond motifs is 1. The molecule has 0 spiro atoms. The van der Waals surface area contributed by atoms with Crippen molar-refractivity contribution in [2.24, 2.45) is 5.73 Å². The third kappa shape index (κ3) is 3.07. The molecule has 104 valence electrons. The molecule has 1 atom stereocenters. The van der Waals surface area contributed by atoms with E-state index in [-0.39, 0.29) is 12.0 Å². The SMILES string of the molecule is CCOC(=O)CCc1ccc2c(c1OC)CC(N)C2. The average Bonchev–Trinajstić information content (AvgIpc) is 2.76. The van der Waals surface area contributed by atoms with Crippen LogP contribution in [0.1, 0.15) is 30.0 Å². The standard InChI is InChI=1S/C15H21NO3/c1-3-19-14(17)7-6-10-4-5-11-8-12(16)9-13(11)15(10)18-2/h4-5,12H,3,6-9,16H2,1-2H3. The second-order valence-electron chi connectivity index (χ2n) is 4.87. The van der Waals surface area contributed by atoms with Crippen molar-refractivity contribution in [1.82, 2.24) is 0 Å². The van der Waals surface area contributed by atoms with Crippen LogP contribution in [0.25, 0.3) is 0 Å². The van der Waals surface area contributed by atoms with Crippen LogP contribution in [0.2, 0.25) is 0 Å². The van der Waals surface area contributed by atoms with Crippen molar-refractivity contribution >= 4 is 5.97 Å². The highest BCUT2D eigenvalue weighted by Crippen LogP contribution is 2.34. The van der Waals surface area contributed by atoms with Crippen molar-refractivity contribution in [3.05, 3.63) is 28.8 Å². The summed E-state index contributed by atoms with van der Waals surface area (Å²) < 4.78 is 10.5. The van der Waals surface area contributed by atoms with Gasteiger partial charge in [-0.15, -0.1) is 0 Å². The van der Waals surface area contributed by atoms with Gasteiger partial charge in [-0.05, 0) is 42.9 Å². The quantitative estimate of drug-likeness (QED) is 0.820. The van der Waals surface area contributed by atoms with Crippen LogP contribution in [-0.2, 0) is 28.8 Å². The summed E-state index contributed by atoms with van der Waals surface area (Å²) in [7, 11) is 1.67. The normalized spacial score (nSPS) is 17.1. The number of benzene rings is 1. The van der Waals surface area contributed by atoms with E-state index in [4.69, 9.17) is 15.2 Å². The molecule has 2 rings (SSSR count). The summed E-state index contributed by atoms with van der Waals surface area (Å²) in [6.45, 7) is 2.24. The Morgan fingerprint density at radius 2 is 2.21 bits per heavy atom. The van der Waals surface area contributed by atoms with Gasteiger partial charge in [-0.2, -0.15) is 0 Å². The first-order valence-electron chi connectivity index (χ1n) is 6.74. The fraction of sp³-hybridized carbons (Fsp3) is 0.533. The Kier molecular flexibility index (Phi) is 4.43. The summed E-state index contributed by atoms with van der Waals surface area (Å²) in [5, 5.41) is 0. The van der Waals surface area contributed by atoms with Gasteiger partial charge in [0.15, 0.2) is 0 Å². The number of carbonyl (C=O) groups excluding carboxylic acids is 1. The number of aryl methyl sites for hydroxylation is 1. The monoisotopic (exact) mass is 263 g/mol. The van der Waals surface area contributed by atoms with Gasteiger partial charge in [0.1, 0.15) is 5.75 Å². The zero-order chi connectivity index (χ0) is 13.8. The van der Waals surface area contributed by atoms with Gasteiger partial charge in [0.2, 0.25) is 0 Å². The van der Waals surface area contributed by atoms with E-state index in [2.05, 4.69) is 6.07 Å². The molecule has 0 fully saturated rings. The van der Waals surface area contributed by atoms with E-state index in [0.29, 0.717) is 19.4 Å². The molecule has 1 aliphatic carbocycles. The smallest absolute Gasteiger partial charge is 0.306 e. The van der Waals surface area contributed by atoms with Crippen molar-refractivity contribution in [2.75, 3.05) is 13.7 Å². The maximum absolute atomic E-state index is 11.4. The number of esters is 1. The average molecular weight is 263 g/mol.